The molecular weight excluding hydrogens is 374 g/mol. The van der Waals surface area contributed by atoms with Crippen LogP contribution in [0, 0.1) is 5.92 Å². The first kappa shape index (κ1) is 17.1. The van der Waals surface area contributed by atoms with E-state index in [0.29, 0.717) is 24.2 Å². The third-order valence-electron chi connectivity index (χ3n) is 5.20. The minimum absolute atomic E-state index is 0.331. The number of ether oxygens (including phenoxy) is 1. The molecule has 1 aromatic heterocycles. The van der Waals surface area contributed by atoms with Crippen LogP contribution in [0.1, 0.15) is 5.56 Å². The van der Waals surface area contributed by atoms with Crippen molar-refractivity contribution in [1.82, 2.24) is 14.8 Å². The molecular formula is C21H19N3O3S. The van der Waals surface area contributed by atoms with Crippen LogP contribution in [0.2, 0.25) is 0 Å². The summed E-state index contributed by atoms with van der Waals surface area (Å²) in [6, 6.07) is 16.1. The zero-order chi connectivity index (χ0) is 19.1. The summed E-state index contributed by atoms with van der Waals surface area (Å²) in [5, 5.41) is 9.76. The summed E-state index contributed by atoms with van der Waals surface area (Å²) in [5.41, 5.74) is 3.37. The molecule has 7 heteroatoms. The number of thiazole rings is 1. The molecule has 1 saturated heterocycles. The Kier molecular flexibility index (Phi) is 4.16. The fourth-order valence-electron chi connectivity index (χ4n) is 3.84. The maximum Gasteiger partial charge on any atom is 0.407 e. The van der Waals surface area contributed by atoms with Crippen LogP contribution >= 0.6 is 11.3 Å². The predicted molar refractivity (Wildman–Crippen MR) is 108 cm³/mol. The number of amides is 1. The van der Waals surface area contributed by atoms with Crippen molar-refractivity contribution in [2.45, 2.75) is 6.54 Å². The maximum atomic E-state index is 11.1. The number of rotatable bonds is 4. The van der Waals surface area contributed by atoms with Crippen molar-refractivity contribution in [3.8, 4) is 10.9 Å². The average Bonchev–Trinajstić information content (AvgIpc) is 3.35. The Labute approximate surface area is 166 Å². The minimum Gasteiger partial charge on any atom is -0.465 e. The molecule has 0 saturated carbocycles. The molecule has 1 N–H and O–H groups in total. The molecule has 0 spiro atoms. The lowest BCUT2D eigenvalue weighted by molar-refractivity contribution is 0.152. The standard InChI is InChI=1S/C21H19N3O3S/c25-21(26)24-12-15-10-23(11-16(15)13-24)9-14-5-7-17(8-6-14)27-20-22-18-3-1-2-4-19(18)28-20/h1-8,10,16H,9,11-13H2,(H,25,26). The lowest BCUT2D eigenvalue weighted by atomic mass is 10.1. The largest absolute Gasteiger partial charge is 0.465 e. The third kappa shape index (κ3) is 3.29. The number of nitrogens with zero attached hydrogens (tertiary/aromatic N) is 3. The average molecular weight is 393 g/mol. The van der Waals surface area contributed by atoms with Crippen molar-refractivity contribution >= 4 is 27.6 Å². The van der Waals surface area contributed by atoms with Gasteiger partial charge in [0.25, 0.3) is 5.19 Å². The first-order valence-corrected chi connectivity index (χ1v) is 10.0. The summed E-state index contributed by atoms with van der Waals surface area (Å²) >= 11 is 1.54. The second-order valence-corrected chi connectivity index (χ2v) is 8.18. The summed E-state index contributed by atoms with van der Waals surface area (Å²) in [5.74, 6) is 1.11. The van der Waals surface area contributed by atoms with Crippen LogP contribution in [0.25, 0.3) is 10.2 Å². The van der Waals surface area contributed by atoms with Gasteiger partial charge in [0, 0.05) is 38.3 Å². The molecule has 1 atom stereocenters. The molecule has 6 nitrogen and oxygen atoms in total. The molecule has 3 heterocycles. The van der Waals surface area contributed by atoms with E-state index >= 15 is 0 Å². The van der Waals surface area contributed by atoms with E-state index in [9.17, 15) is 4.79 Å². The van der Waals surface area contributed by atoms with Crippen LogP contribution in [0.5, 0.6) is 10.9 Å². The summed E-state index contributed by atoms with van der Waals surface area (Å²) < 4.78 is 7.02. The summed E-state index contributed by atoms with van der Waals surface area (Å²) in [4.78, 5) is 19.3. The van der Waals surface area contributed by atoms with Crippen LogP contribution in [0.15, 0.2) is 60.3 Å². The smallest absolute Gasteiger partial charge is 0.407 e. The number of fused-ring (bicyclic) bond motifs is 2. The molecule has 1 fully saturated rings. The number of benzene rings is 2. The van der Waals surface area contributed by atoms with Gasteiger partial charge in [0.15, 0.2) is 0 Å². The van der Waals surface area contributed by atoms with Crippen LogP contribution < -0.4 is 4.74 Å². The predicted octanol–water partition coefficient (Wildman–Crippen LogP) is 4.40. The van der Waals surface area contributed by atoms with Gasteiger partial charge in [0.2, 0.25) is 0 Å². The number of likely N-dealkylation sites (tertiary alicyclic amines) is 1. The summed E-state index contributed by atoms with van der Waals surface area (Å²) in [6.07, 6.45) is 1.30. The molecule has 2 aliphatic rings. The Hall–Kier alpha value is -3.06. The topological polar surface area (TPSA) is 65.9 Å². The minimum atomic E-state index is -0.828. The lowest BCUT2D eigenvalue weighted by Crippen LogP contribution is -2.29. The van der Waals surface area contributed by atoms with E-state index in [0.717, 1.165) is 29.1 Å². The monoisotopic (exact) mass is 393 g/mol. The number of para-hydroxylation sites is 1. The van der Waals surface area contributed by atoms with Gasteiger partial charge >= 0.3 is 6.09 Å². The number of carboxylic acid groups (broad SMARTS) is 1. The molecule has 0 bridgehead atoms. The van der Waals surface area contributed by atoms with Crippen molar-refractivity contribution in [2.75, 3.05) is 19.6 Å². The molecule has 0 radical (unpaired) electrons. The molecule has 142 valence electrons. The molecule has 0 aliphatic carbocycles. The molecule has 1 amide bonds. The Morgan fingerprint density at radius 1 is 1.18 bits per heavy atom. The highest BCUT2D eigenvalue weighted by Gasteiger charge is 2.35. The van der Waals surface area contributed by atoms with Crippen molar-refractivity contribution in [1.29, 1.82) is 0 Å². The highest BCUT2D eigenvalue weighted by Crippen LogP contribution is 2.32. The van der Waals surface area contributed by atoms with E-state index in [2.05, 4.69) is 28.2 Å². The van der Waals surface area contributed by atoms with Gasteiger partial charge in [-0.1, -0.05) is 35.6 Å². The van der Waals surface area contributed by atoms with Crippen LogP contribution in [-0.4, -0.2) is 45.6 Å². The highest BCUT2D eigenvalue weighted by atomic mass is 32.1. The summed E-state index contributed by atoms with van der Waals surface area (Å²) in [7, 11) is 0. The number of aromatic nitrogens is 1. The highest BCUT2D eigenvalue weighted by molar-refractivity contribution is 7.20. The van der Waals surface area contributed by atoms with Gasteiger partial charge in [-0.15, -0.1) is 0 Å². The first-order chi connectivity index (χ1) is 13.6. The normalized spacial score (nSPS) is 18.4. The van der Waals surface area contributed by atoms with Gasteiger partial charge in [-0.3, -0.25) is 0 Å². The van der Waals surface area contributed by atoms with Gasteiger partial charge in [0.05, 0.1) is 10.2 Å². The molecule has 1 unspecified atom stereocenters. The molecule has 3 aromatic rings. The van der Waals surface area contributed by atoms with E-state index < -0.39 is 6.09 Å². The molecule has 2 aliphatic heterocycles. The SMILES string of the molecule is O=C(O)N1CC2=CN(Cc3ccc(Oc4nc5ccccc5s4)cc3)CC2C1. The van der Waals surface area contributed by atoms with E-state index in [4.69, 9.17) is 9.84 Å². The number of hydrogen-bond acceptors (Lipinski definition) is 5. The number of hydrogen-bond donors (Lipinski definition) is 1. The van der Waals surface area contributed by atoms with Crippen molar-refractivity contribution in [3.63, 3.8) is 0 Å². The fourth-order valence-corrected chi connectivity index (χ4v) is 4.67. The van der Waals surface area contributed by atoms with E-state index in [1.807, 2.05) is 36.4 Å². The van der Waals surface area contributed by atoms with Crippen molar-refractivity contribution in [2.24, 2.45) is 5.92 Å². The van der Waals surface area contributed by atoms with Gasteiger partial charge < -0.3 is 19.6 Å². The summed E-state index contributed by atoms with van der Waals surface area (Å²) in [6.45, 7) is 2.83. The first-order valence-electron chi connectivity index (χ1n) is 9.19. The van der Waals surface area contributed by atoms with Crippen molar-refractivity contribution < 1.29 is 14.6 Å². The second-order valence-electron chi connectivity index (χ2n) is 7.19. The van der Waals surface area contributed by atoms with Gasteiger partial charge in [-0.2, -0.15) is 0 Å². The Bertz CT molecular complexity index is 1030. The van der Waals surface area contributed by atoms with E-state index in [1.165, 1.54) is 27.4 Å². The Morgan fingerprint density at radius 3 is 2.75 bits per heavy atom. The molecule has 28 heavy (non-hydrogen) atoms. The Balaban J connectivity index is 1.22. The van der Waals surface area contributed by atoms with Gasteiger partial charge in [0.1, 0.15) is 5.75 Å². The molecule has 2 aromatic carbocycles. The Morgan fingerprint density at radius 2 is 2.00 bits per heavy atom. The van der Waals surface area contributed by atoms with E-state index in [1.54, 1.807) is 0 Å². The molecule has 5 rings (SSSR count). The second kappa shape index (κ2) is 6.83. The number of carbonyl (C=O) groups is 1. The van der Waals surface area contributed by atoms with Crippen molar-refractivity contribution in [3.05, 3.63) is 65.9 Å². The zero-order valence-corrected chi connectivity index (χ0v) is 15.9. The maximum absolute atomic E-state index is 11.1. The lowest BCUT2D eigenvalue weighted by Gasteiger charge is -2.19. The zero-order valence-electron chi connectivity index (χ0n) is 15.1. The quantitative estimate of drug-likeness (QED) is 0.712. The van der Waals surface area contributed by atoms with Crippen LogP contribution in [-0.2, 0) is 6.54 Å². The fraction of sp³-hybridized carbons (Fsp3) is 0.238. The van der Waals surface area contributed by atoms with E-state index in [-0.39, 0.29) is 0 Å². The third-order valence-corrected chi connectivity index (χ3v) is 6.12. The van der Waals surface area contributed by atoms with Gasteiger partial charge in [-0.25, -0.2) is 9.78 Å². The van der Waals surface area contributed by atoms with Gasteiger partial charge in [-0.05, 0) is 35.4 Å². The van der Waals surface area contributed by atoms with Crippen LogP contribution in [0.3, 0.4) is 0 Å². The van der Waals surface area contributed by atoms with Crippen LogP contribution in [0.4, 0.5) is 4.79 Å².